The number of hydrogen-bond donors (Lipinski definition) is 1. The van der Waals surface area contributed by atoms with Crippen LogP contribution in [0.3, 0.4) is 0 Å². The Morgan fingerprint density at radius 1 is 1.05 bits per heavy atom. The van der Waals surface area contributed by atoms with Crippen molar-refractivity contribution >= 4 is 28.7 Å². The van der Waals surface area contributed by atoms with E-state index in [2.05, 4.69) is 37.1 Å². The molecule has 2 atom stereocenters. The minimum Gasteiger partial charge on any atom is -0.377 e. The normalized spacial score (nSPS) is 21.2. The number of likely N-dealkylation sites (N-methyl/N-ethyl adjacent to an activating group) is 1. The Kier molecular flexibility index (Phi) is 6.14. The summed E-state index contributed by atoms with van der Waals surface area (Å²) in [7, 11) is 2.22. The maximum atomic E-state index is 13.6. The van der Waals surface area contributed by atoms with Gasteiger partial charge in [-0.15, -0.1) is 11.3 Å². The third kappa shape index (κ3) is 4.50. The Labute approximate surface area is 229 Å². The first-order valence-electron chi connectivity index (χ1n) is 13.1. The van der Waals surface area contributed by atoms with Gasteiger partial charge in [-0.3, -0.25) is 9.69 Å². The highest BCUT2D eigenvalue weighted by atomic mass is 32.1. The number of imidazole rings is 1. The van der Waals surface area contributed by atoms with Crippen molar-refractivity contribution in [3.8, 4) is 22.0 Å². The summed E-state index contributed by atoms with van der Waals surface area (Å²) in [6.45, 7) is 3.18. The summed E-state index contributed by atoms with van der Waals surface area (Å²) >= 11 is 1.37. The van der Waals surface area contributed by atoms with Crippen molar-refractivity contribution in [3.63, 3.8) is 0 Å². The van der Waals surface area contributed by atoms with E-state index in [1.54, 1.807) is 23.8 Å². The van der Waals surface area contributed by atoms with Crippen LogP contribution in [0.15, 0.2) is 54.3 Å². The Balaban J connectivity index is 1.09. The fourth-order valence-corrected chi connectivity index (χ4v) is 6.54. The quantitative estimate of drug-likeness (QED) is 0.386. The van der Waals surface area contributed by atoms with Crippen LogP contribution >= 0.6 is 11.3 Å². The predicted octanol–water partition coefficient (Wildman–Crippen LogP) is 4.31. The van der Waals surface area contributed by atoms with Gasteiger partial charge in [0.15, 0.2) is 0 Å². The molecule has 6 heterocycles. The molecule has 3 saturated heterocycles. The minimum atomic E-state index is -0.322. The summed E-state index contributed by atoms with van der Waals surface area (Å²) in [5, 5.41) is 5.28. The van der Waals surface area contributed by atoms with Crippen LogP contribution in [-0.2, 0) is 4.74 Å². The molecule has 1 aromatic carbocycles. The number of piperazine rings is 1. The molecule has 11 heteroatoms. The lowest BCUT2D eigenvalue weighted by Crippen LogP contribution is -2.52. The van der Waals surface area contributed by atoms with E-state index >= 15 is 0 Å². The smallest absolute Gasteiger partial charge is 0.276 e. The van der Waals surface area contributed by atoms with Gasteiger partial charge in [-0.25, -0.2) is 19.3 Å². The third-order valence-electron chi connectivity index (χ3n) is 8.07. The summed E-state index contributed by atoms with van der Waals surface area (Å²) in [5.41, 5.74) is 3.65. The zero-order valence-corrected chi connectivity index (χ0v) is 22.3. The maximum absolute atomic E-state index is 13.6. The van der Waals surface area contributed by atoms with Crippen molar-refractivity contribution in [1.29, 1.82) is 0 Å². The van der Waals surface area contributed by atoms with Gasteiger partial charge in [0.2, 0.25) is 0 Å². The van der Waals surface area contributed by atoms with Gasteiger partial charge in [-0.1, -0.05) is 0 Å². The van der Waals surface area contributed by atoms with Gasteiger partial charge in [0.25, 0.3) is 5.91 Å². The van der Waals surface area contributed by atoms with Gasteiger partial charge in [0.05, 0.1) is 43.2 Å². The first-order valence-corrected chi connectivity index (χ1v) is 14.0. The van der Waals surface area contributed by atoms with Gasteiger partial charge in [-0.2, -0.15) is 0 Å². The molecule has 3 fully saturated rings. The van der Waals surface area contributed by atoms with Crippen LogP contribution in [0.4, 0.5) is 15.9 Å². The number of nitrogens with one attached hydrogen (secondary N) is 1. The number of nitrogens with zero attached hydrogens (tertiary/aromatic N) is 6. The molecule has 3 aromatic heterocycles. The Hall–Kier alpha value is -3.67. The maximum Gasteiger partial charge on any atom is 0.276 e. The van der Waals surface area contributed by atoms with E-state index in [4.69, 9.17) is 4.74 Å². The zero-order chi connectivity index (χ0) is 26.5. The van der Waals surface area contributed by atoms with Crippen molar-refractivity contribution in [3.05, 3.63) is 65.8 Å². The van der Waals surface area contributed by atoms with Crippen LogP contribution in [0.25, 0.3) is 22.0 Å². The number of fused-ring (bicyclic) bond motifs is 2. The average molecular weight is 546 g/mol. The van der Waals surface area contributed by atoms with Gasteiger partial charge in [0.1, 0.15) is 28.0 Å². The van der Waals surface area contributed by atoms with Crippen LogP contribution in [0.1, 0.15) is 29.4 Å². The van der Waals surface area contributed by atoms with Crippen molar-refractivity contribution in [2.75, 3.05) is 43.6 Å². The van der Waals surface area contributed by atoms with E-state index in [0.29, 0.717) is 47.5 Å². The number of ether oxygens (including phenoxy) is 1. The Bertz CT molecular complexity index is 1490. The molecule has 1 N–H and O–H groups in total. The number of thiazole rings is 1. The summed E-state index contributed by atoms with van der Waals surface area (Å²) in [5.74, 6) is -0.145. The fourth-order valence-electron chi connectivity index (χ4n) is 5.69. The number of benzene rings is 1. The van der Waals surface area contributed by atoms with E-state index in [1.807, 2.05) is 22.9 Å². The highest BCUT2D eigenvalue weighted by Gasteiger charge is 2.37. The highest BCUT2D eigenvalue weighted by Crippen LogP contribution is 2.37. The standard InChI is InChI=1S/C28H28FN7O2S/c1-34-20-6-7-21(34)12-35(11-20)19-8-9-24(30-10-19)33-27(37)23-15-39-28(32-23)26-25(17-2-4-18(29)5-3-17)31-16-36(26)22-13-38-14-22/h2-5,8-10,15-16,20-22H,6-7,11-14H2,1H3,(H,30,33,37)/t20-,21+. The summed E-state index contributed by atoms with van der Waals surface area (Å²) in [6, 6.07) is 11.4. The molecule has 0 spiro atoms. The van der Waals surface area contributed by atoms with Crippen molar-refractivity contribution < 1.29 is 13.9 Å². The van der Waals surface area contributed by atoms with Crippen LogP contribution in [-0.4, -0.2) is 75.8 Å². The van der Waals surface area contributed by atoms with E-state index in [1.165, 1.54) is 36.3 Å². The second kappa shape index (κ2) is 9.82. The van der Waals surface area contributed by atoms with Gasteiger partial charge >= 0.3 is 0 Å². The molecule has 9 nitrogen and oxygen atoms in total. The van der Waals surface area contributed by atoms with Crippen LogP contribution in [0.2, 0.25) is 0 Å². The first-order chi connectivity index (χ1) is 19.0. The van der Waals surface area contributed by atoms with Gasteiger partial charge in [0, 0.05) is 36.1 Å². The molecule has 0 saturated carbocycles. The molecular weight excluding hydrogens is 517 g/mol. The van der Waals surface area contributed by atoms with E-state index < -0.39 is 0 Å². The molecule has 3 aliphatic heterocycles. The number of hydrogen-bond acceptors (Lipinski definition) is 8. The number of halogens is 1. The SMILES string of the molecule is CN1[C@@H]2CC[C@H]1CN(c1ccc(NC(=O)c3csc(-c4c(-c5ccc(F)cc5)ncn4C4COC4)n3)nc1)C2. The average Bonchev–Trinajstić information content (AvgIpc) is 3.60. The molecule has 0 unspecified atom stereocenters. The topological polar surface area (TPSA) is 88.4 Å². The van der Waals surface area contributed by atoms with Crippen molar-refractivity contribution in [2.24, 2.45) is 0 Å². The lowest BCUT2D eigenvalue weighted by molar-refractivity contribution is -0.0226. The molecule has 2 bridgehead atoms. The van der Waals surface area contributed by atoms with Gasteiger partial charge in [-0.05, 0) is 56.3 Å². The number of aromatic nitrogens is 4. The zero-order valence-electron chi connectivity index (χ0n) is 21.5. The molecular formula is C28H28FN7O2S. The van der Waals surface area contributed by atoms with Crippen LogP contribution < -0.4 is 10.2 Å². The number of carbonyl (C=O) groups is 1. The lowest BCUT2D eigenvalue weighted by atomic mass is 10.1. The summed E-state index contributed by atoms with van der Waals surface area (Å²) in [6.07, 6.45) is 6.09. The molecule has 0 aliphatic carbocycles. The number of amides is 1. The largest absolute Gasteiger partial charge is 0.377 e. The summed E-state index contributed by atoms with van der Waals surface area (Å²) < 4.78 is 21.0. The number of carbonyl (C=O) groups excluding carboxylic acids is 1. The summed E-state index contributed by atoms with van der Waals surface area (Å²) in [4.78, 5) is 31.8. The van der Waals surface area contributed by atoms with Crippen molar-refractivity contribution in [2.45, 2.75) is 31.0 Å². The molecule has 0 radical (unpaired) electrons. The highest BCUT2D eigenvalue weighted by molar-refractivity contribution is 7.13. The number of pyridine rings is 1. The van der Waals surface area contributed by atoms with Crippen LogP contribution in [0, 0.1) is 5.82 Å². The molecule has 39 heavy (non-hydrogen) atoms. The predicted molar refractivity (Wildman–Crippen MR) is 148 cm³/mol. The van der Waals surface area contributed by atoms with E-state index in [0.717, 1.165) is 30.0 Å². The molecule has 4 aromatic rings. The molecule has 7 rings (SSSR count). The third-order valence-corrected chi connectivity index (χ3v) is 8.92. The first kappa shape index (κ1) is 24.4. The monoisotopic (exact) mass is 545 g/mol. The molecule has 200 valence electrons. The van der Waals surface area contributed by atoms with E-state index in [9.17, 15) is 9.18 Å². The molecule has 1 amide bonds. The molecule has 3 aliphatic rings. The second-order valence-electron chi connectivity index (χ2n) is 10.4. The van der Waals surface area contributed by atoms with Gasteiger partial charge < -0.3 is 19.5 Å². The number of anilines is 2. The van der Waals surface area contributed by atoms with Crippen molar-refractivity contribution in [1.82, 2.24) is 24.4 Å². The second-order valence-corrected chi connectivity index (χ2v) is 11.3. The Morgan fingerprint density at radius 2 is 1.82 bits per heavy atom. The van der Waals surface area contributed by atoms with E-state index in [-0.39, 0.29) is 17.8 Å². The minimum absolute atomic E-state index is 0.140. The lowest BCUT2D eigenvalue weighted by Gasteiger charge is -2.40. The van der Waals surface area contributed by atoms with Crippen LogP contribution in [0.5, 0.6) is 0 Å². The Morgan fingerprint density at radius 3 is 2.49 bits per heavy atom. The fraction of sp³-hybridized carbons (Fsp3) is 0.357. The number of rotatable bonds is 6.